The monoisotopic (exact) mass is 260 g/mol. The summed E-state index contributed by atoms with van der Waals surface area (Å²) in [6.07, 6.45) is 0. The highest BCUT2D eigenvalue weighted by Crippen LogP contribution is 2.27. The summed E-state index contributed by atoms with van der Waals surface area (Å²) in [7, 11) is 0. The Labute approximate surface area is 111 Å². The van der Waals surface area contributed by atoms with Crippen LogP contribution in [0.5, 0.6) is 0 Å². The van der Waals surface area contributed by atoms with Crippen molar-refractivity contribution in [2.24, 2.45) is 0 Å². The van der Waals surface area contributed by atoms with Crippen LogP contribution < -0.4 is 11.1 Å². The number of anilines is 2. The van der Waals surface area contributed by atoms with Gasteiger partial charge in [-0.15, -0.1) is 0 Å². The molecule has 0 aliphatic heterocycles. The zero-order valence-corrected chi connectivity index (χ0v) is 11.5. The minimum absolute atomic E-state index is 0.103. The second-order valence-electron chi connectivity index (χ2n) is 4.39. The van der Waals surface area contributed by atoms with Gasteiger partial charge in [-0.25, -0.2) is 0 Å². The molecule has 94 valence electrons. The Kier molecular flexibility index (Phi) is 3.39. The quantitative estimate of drug-likeness (QED) is 0.812. The van der Waals surface area contributed by atoms with Gasteiger partial charge in [-0.05, 0) is 48.9 Å². The van der Waals surface area contributed by atoms with Gasteiger partial charge in [0.15, 0.2) is 0 Å². The van der Waals surface area contributed by atoms with Gasteiger partial charge >= 0.3 is 0 Å². The standard InChI is InChI=1S/C14H16N2OS/c1-8-4-5-12(15)13(10(8)3)16-14(17)11-7-18-6-9(11)2/h4-7H,15H2,1-3H3,(H,16,17). The van der Waals surface area contributed by atoms with E-state index in [1.54, 1.807) is 0 Å². The van der Waals surface area contributed by atoms with Crippen molar-refractivity contribution in [1.82, 2.24) is 0 Å². The van der Waals surface area contributed by atoms with Crippen LogP contribution in [0.2, 0.25) is 0 Å². The van der Waals surface area contributed by atoms with Crippen molar-refractivity contribution in [2.75, 3.05) is 11.1 Å². The smallest absolute Gasteiger partial charge is 0.256 e. The summed E-state index contributed by atoms with van der Waals surface area (Å²) in [6, 6.07) is 3.77. The Morgan fingerprint density at radius 1 is 1.17 bits per heavy atom. The molecular formula is C14H16N2OS. The highest BCUT2D eigenvalue weighted by Gasteiger charge is 2.13. The van der Waals surface area contributed by atoms with E-state index < -0.39 is 0 Å². The summed E-state index contributed by atoms with van der Waals surface area (Å²) in [5, 5.41) is 6.72. The maximum Gasteiger partial charge on any atom is 0.256 e. The summed E-state index contributed by atoms with van der Waals surface area (Å²) in [6.45, 7) is 5.89. The van der Waals surface area contributed by atoms with E-state index in [-0.39, 0.29) is 5.91 Å². The van der Waals surface area contributed by atoms with Gasteiger partial charge < -0.3 is 11.1 Å². The minimum Gasteiger partial charge on any atom is -0.397 e. The number of amides is 1. The van der Waals surface area contributed by atoms with Crippen LogP contribution in [0.1, 0.15) is 27.0 Å². The number of nitrogen functional groups attached to an aromatic ring is 1. The molecule has 0 aliphatic carbocycles. The van der Waals surface area contributed by atoms with E-state index in [1.807, 2.05) is 43.7 Å². The second kappa shape index (κ2) is 4.82. The Morgan fingerprint density at radius 2 is 1.89 bits per heavy atom. The van der Waals surface area contributed by atoms with Gasteiger partial charge in [-0.2, -0.15) is 11.3 Å². The number of carbonyl (C=O) groups is 1. The molecule has 1 aromatic heterocycles. The summed E-state index contributed by atoms with van der Waals surface area (Å²) in [4.78, 5) is 12.2. The molecule has 1 amide bonds. The molecule has 1 heterocycles. The number of nitrogens with two attached hydrogens (primary N) is 1. The molecule has 0 unspecified atom stereocenters. The summed E-state index contributed by atoms with van der Waals surface area (Å²) in [5.41, 5.74) is 11.0. The molecule has 0 bridgehead atoms. The number of thiophene rings is 1. The van der Waals surface area contributed by atoms with Gasteiger partial charge in [0.05, 0.1) is 16.9 Å². The Balaban J connectivity index is 2.33. The fraction of sp³-hybridized carbons (Fsp3) is 0.214. The van der Waals surface area contributed by atoms with Crippen LogP contribution in [0.15, 0.2) is 22.9 Å². The van der Waals surface area contributed by atoms with Gasteiger partial charge in [0, 0.05) is 5.38 Å². The molecule has 0 spiro atoms. The lowest BCUT2D eigenvalue weighted by molar-refractivity contribution is 0.102. The molecule has 2 aromatic rings. The number of benzene rings is 1. The van der Waals surface area contributed by atoms with Crippen molar-refractivity contribution in [3.05, 3.63) is 45.1 Å². The molecule has 0 saturated heterocycles. The van der Waals surface area contributed by atoms with Crippen LogP contribution >= 0.6 is 11.3 Å². The number of hydrogen-bond acceptors (Lipinski definition) is 3. The average Bonchev–Trinajstić information content (AvgIpc) is 2.76. The number of carbonyl (C=O) groups excluding carboxylic acids is 1. The first kappa shape index (κ1) is 12.6. The molecule has 0 aliphatic rings. The van der Waals surface area contributed by atoms with Crippen molar-refractivity contribution >= 4 is 28.6 Å². The molecule has 18 heavy (non-hydrogen) atoms. The van der Waals surface area contributed by atoms with E-state index in [0.29, 0.717) is 16.9 Å². The van der Waals surface area contributed by atoms with Crippen LogP contribution in [0.25, 0.3) is 0 Å². The molecule has 0 atom stereocenters. The normalized spacial score (nSPS) is 10.4. The number of hydrogen-bond donors (Lipinski definition) is 2. The summed E-state index contributed by atoms with van der Waals surface area (Å²) < 4.78 is 0. The van der Waals surface area contributed by atoms with E-state index in [4.69, 9.17) is 5.73 Å². The second-order valence-corrected chi connectivity index (χ2v) is 5.14. The molecule has 1 aromatic carbocycles. The first-order valence-corrected chi connectivity index (χ1v) is 6.65. The molecule has 0 saturated carbocycles. The fourth-order valence-electron chi connectivity index (χ4n) is 1.78. The first-order chi connectivity index (χ1) is 8.50. The van der Waals surface area contributed by atoms with E-state index in [0.717, 1.165) is 16.7 Å². The third-order valence-corrected chi connectivity index (χ3v) is 3.97. The average molecular weight is 260 g/mol. The van der Waals surface area contributed by atoms with Crippen LogP contribution in [-0.4, -0.2) is 5.91 Å². The van der Waals surface area contributed by atoms with Crippen molar-refractivity contribution in [3.8, 4) is 0 Å². The van der Waals surface area contributed by atoms with Gasteiger partial charge in [0.2, 0.25) is 0 Å². The Morgan fingerprint density at radius 3 is 2.50 bits per heavy atom. The maximum absolute atomic E-state index is 12.2. The third-order valence-electron chi connectivity index (χ3n) is 3.11. The lowest BCUT2D eigenvalue weighted by Crippen LogP contribution is -2.14. The van der Waals surface area contributed by atoms with Crippen LogP contribution in [0, 0.1) is 20.8 Å². The zero-order valence-electron chi connectivity index (χ0n) is 10.7. The predicted molar refractivity (Wildman–Crippen MR) is 77.3 cm³/mol. The first-order valence-electron chi connectivity index (χ1n) is 5.70. The zero-order chi connectivity index (χ0) is 13.3. The van der Waals surface area contributed by atoms with E-state index in [9.17, 15) is 4.79 Å². The third kappa shape index (κ3) is 2.24. The van der Waals surface area contributed by atoms with E-state index >= 15 is 0 Å². The highest BCUT2D eigenvalue weighted by atomic mass is 32.1. The lowest BCUT2D eigenvalue weighted by Gasteiger charge is -2.13. The molecule has 0 radical (unpaired) electrons. The van der Waals surface area contributed by atoms with Crippen molar-refractivity contribution in [1.29, 1.82) is 0 Å². The molecule has 2 rings (SSSR count). The topological polar surface area (TPSA) is 55.1 Å². The molecule has 3 N–H and O–H groups in total. The lowest BCUT2D eigenvalue weighted by atomic mass is 10.1. The summed E-state index contributed by atoms with van der Waals surface area (Å²) >= 11 is 1.52. The SMILES string of the molecule is Cc1cscc1C(=O)Nc1c(N)ccc(C)c1C. The van der Waals surface area contributed by atoms with Crippen molar-refractivity contribution < 1.29 is 4.79 Å². The van der Waals surface area contributed by atoms with Crippen LogP contribution in [0.4, 0.5) is 11.4 Å². The van der Waals surface area contributed by atoms with Gasteiger partial charge in [-0.1, -0.05) is 6.07 Å². The van der Waals surface area contributed by atoms with Crippen molar-refractivity contribution in [2.45, 2.75) is 20.8 Å². The number of aryl methyl sites for hydroxylation is 2. The molecule has 0 fully saturated rings. The largest absolute Gasteiger partial charge is 0.397 e. The fourth-order valence-corrected chi connectivity index (χ4v) is 2.60. The van der Waals surface area contributed by atoms with Gasteiger partial charge in [0.25, 0.3) is 5.91 Å². The van der Waals surface area contributed by atoms with Crippen LogP contribution in [0.3, 0.4) is 0 Å². The maximum atomic E-state index is 12.2. The number of nitrogens with one attached hydrogen (secondary N) is 1. The van der Waals surface area contributed by atoms with Crippen LogP contribution in [-0.2, 0) is 0 Å². The molecule has 4 heteroatoms. The van der Waals surface area contributed by atoms with E-state index in [2.05, 4.69) is 5.32 Å². The Hall–Kier alpha value is -1.81. The van der Waals surface area contributed by atoms with Crippen molar-refractivity contribution in [3.63, 3.8) is 0 Å². The molecule has 3 nitrogen and oxygen atoms in total. The van der Waals surface area contributed by atoms with E-state index in [1.165, 1.54) is 11.3 Å². The molecular weight excluding hydrogens is 244 g/mol. The predicted octanol–water partition coefficient (Wildman–Crippen LogP) is 3.51. The Bertz CT molecular complexity index is 602. The summed E-state index contributed by atoms with van der Waals surface area (Å²) in [5.74, 6) is -0.103. The minimum atomic E-state index is -0.103. The van der Waals surface area contributed by atoms with Gasteiger partial charge in [0.1, 0.15) is 0 Å². The van der Waals surface area contributed by atoms with Gasteiger partial charge in [-0.3, -0.25) is 4.79 Å². The number of rotatable bonds is 2. The highest BCUT2D eigenvalue weighted by molar-refractivity contribution is 7.08.